The fourth-order valence-electron chi connectivity index (χ4n) is 3.19. The molecule has 8 heteroatoms. The lowest BCUT2D eigenvalue weighted by atomic mass is 10.1. The van der Waals surface area contributed by atoms with Crippen LogP contribution in [0.5, 0.6) is 5.75 Å². The molecule has 0 radical (unpaired) electrons. The minimum Gasteiger partial charge on any atom is -0.496 e. The number of hydrogen-bond acceptors (Lipinski definition) is 5. The molecule has 2 N–H and O–H groups in total. The predicted octanol–water partition coefficient (Wildman–Crippen LogP) is 2.81. The first-order valence-corrected chi connectivity index (χ1v) is 11.5. The summed E-state index contributed by atoms with van der Waals surface area (Å²) in [6, 6.07) is 8.43. The maximum absolute atomic E-state index is 12.8. The van der Waals surface area contributed by atoms with Crippen molar-refractivity contribution in [1.82, 2.24) is 20.4 Å². The van der Waals surface area contributed by atoms with Crippen LogP contribution in [0.4, 0.5) is 0 Å². The van der Waals surface area contributed by atoms with Gasteiger partial charge in [0.2, 0.25) is 5.91 Å². The van der Waals surface area contributed by atoms with Crippen LogP contribution in [0.2, 0.25) is 0 Å². The summed E-state index contributed by atoms with van der Waals surface area (Å²) < 4.78 is 7.22. The lowest BCUT2D eigenvalue weighted by molar-refractivity contribution is -0.123. The van der Waals surface area contributed by atoms with Crippen LogP contribution in [-0.2, 0) is 11.3 Å². The van der Waals surface area contributed by atoms with Crippen LogP contribution in [0.3, 0.4) is 0 Å². The minimum atomic E-state index is -0.601. The van der Waals surface area contributed by atoms with Crippen LogP contribution in [0.25, 0.3) is 0 Å². The van der Waals surface area contributed by atoms with Gasteiger partial charge in [0.15, 0.2) is 0 Å². The Kier molecular flexibility index (Phi) is 9.23. The number of rotatable bonds is 11. The van der Waals surface area contributed by atoms with Crippen molar-refractivity contribution >= 4 is 23.6 Å². The van der Waals surface area contributed by atoms with Gasteiger partial charge in [-0.3, -0.25) is 14.3 Å². The Bertz CT molecular complexity index is 853. The van der Waals surface area contributed by atoms with Gasteiger partial charge in [-0.15, -0.1) is 0 Å². The van der Waals surface area contributed by atoms with E-state index in [1.165, 1.54) is 7.11 Å². The zero-order valence-corrected chi connectivity index (χ0v) is 19.2. The fraction of sp³-hybridized carbons (Fsp3) is 0.500. The number of benzene rings is 1. The van der Waals surface area contributed by atoms with E-state index in [4.69, 9.17) is 4.74 Å². The molecule has 0 spiro atoms. The molecule has 164 valence electrons. The Morgan fingerprint density at radius 3 is 2.63 bits per heavy atom. The van der Waals surface area contributed by atoms with Crippen LogP contribution in [-0.4, -0.2) is 53.3 Å². The largest absolute Gasteiger partial charge is 0.496 e. The van der Waals surface area contributed by atoms with Gasteiger partial charge in [-0.05, 0) is 56.4 Å². The number of nitrogens with zero attached hydrogens (tertiary/aromatic N) is 2. The number of methoxy groups -OCH3 is 1. The van der Waals surface area contributed by atoms with Crippen LogP contribution >= 0.6 is 11.8 Å². The third-order valence-corrected chi connectivity index (χ3v) is 5.44. The minimum absolute atomic E-state index is 0.174. The molecular weight excluding hydrogens is 400 g/mol. The van der Waals surface area contributed by atoms with E-state index < -0.39 is 6.04 Å². The molecule has 7 nitrogen and oxygen atoms in total. The van der Waals surface area contributed by atoms with E-state index in [2.05, 4.69) is 22.7 Å². The molecule has 0 aliphatic heterocycles. The van der Waals surface area contributed by atoms with Gasteiger partial charge in [-0.1, -0.05) is 19.1 Å². The topological polar surface area (TPSA) is 85.2 Å². The SMILES string of the molecule is COc1ccccc1C(=O)NC(CCSC)C(=O)NCC(C)Cn1nc(C)cc1C. The summed E-state index contributed by atoms with van der Waals surface area (Å²) in [6.45, 7) is 7.30. The Morgan fingerprint density at radius 1 is 1.27 bits per heavy atom. The molecule has 0 fully saturated rings. The van der Waals surface area contributed by atoms with E-state index in [0.717, 1.165) is 23.7 Å². The van der Waals surface area contributed by atoms with Crippen LogP contribution in [0, 0.1) is 19.8 Å². The van der Waals surface area contributed by atoms with Crippen molar-refractivity contribution in [3.8, 4) is 5.75 Å². The van der Waals surface area contributed by atoms with E-state index >= 15 is 0 Å². The van der Waals surface area contributed by atoms with Gasteiger partial charge in [0, 0.05) is 18.8 Å². The lowest BCUT2D eigenvalue weighted by Crippen LogP contribution is -2.48. The average Bonchev–Trinajstić information content (AvgIpc) is 3.05. The number of amides is 2. The first-order chi connectivity index (χ1) is 14.3. The van der Waals surface area contributed by atoms with Gasteiger partial charge in [0.05, 0.1) is 18.4 Å². The quantitative estimate of drug-likeness (QED) is 0.570. The highest BCUT2D eigenvalue weighted by molar-refractivity contribution is 7.98. The van der Waals surface area contributed by atoms with Crippen molar-refractivity contribution in [2.24, 2.45) is 5.92 Å². The molecule has 0 bridgehead atoms. The number of carbonyl (C=O) groups excluding carboxylic acids is 2. The highest BCUT2D eigenvalue weighted by Gasteiger charge is 2.23. The molecule has 0 aliphatic carbocycles. The van der Waals surface area contributed by atoms with Crippen LogP contribution in [0.15, 0.2) is 30.3 Å². The highest BCUT2D eigenvalue weighted by atomic mass is 32.2. The standard InChI is InChI=1S/C22H32N4O3S/c1-15(14-26-17(3)12-16(2)25-26)13-23-22(28)19(10-11-30-5)24-21(27)18-8-6-7-9-20(18)29-4/h6-9,12,15,19H,10-11,13-14H2,1-5H3,(H,23,28)(H,24,27). The average molecular weight is 433 g/mol. The van der Waals surface area contributed by atoms with E-state index in [9.17, 15) is 9.59 Å². The number of para-hydroxylation sites is 1. The molecule has 2 amide bonds. The zero-order chi connectivity index (χ0) is 22.1. The van der Waals surface area contributed by atoms with Crippen molar-refractivity contribution < 1.29 is 14.3 Å². The molecule has 2 atom stereocenters. The third-order valence-electron chi connectivity index (χ3n) is 4.80. The normalized spacial score (nSPS) is 12.8. The summed E-state index contributed by atoms with van der Waals surface area (Å²) in [4.78, 5) is 25.5. The third kappa shape index (κ3) is 6.79. The van der Waals surface area contributed by atoms with Gasteiger partial charge in [-0.25, -0.2) is 0 Å². The van der Waals surface area contributed by atoms with Crippen molar-refractivity contribution in [2.75, 3.05) is 25.7 Å². The van der Waals surface area contributed by atoms with Crippen LogP contribution in [0.1, 0.15) is 35.1 Å². The highest BCUT2D eigenvalue weighted by Crippen LogP contribution is 2.17. The Balaban J connectivity index is 1.97. The van der Waals surface area contributed by atoms with Gasteiger partial charge in [0.1, 0.15) is 11.8 Å². The van der Waals surface area contributed by atoms with Gasteiger partial charge in [-0.2, -0.15) is 16.9 Å². The molecule has 30 heavy (non-hydrogen) atoms. The molecule has 1 heterocycles. The number of ether oxygens (including phenoxy) is 1. The van der Waals surface area contributed by atoms with E-state index in [0.29, 0.717) is 24.3 Å². The first-order valence-electron chi connectivity index (χ1n) is 10.1. The molecule has 2 rings (SSSR count). The van der Waals surface area contributed by atoms with Crippen molar-refractivity contribution in [1.29, 1.82) is 0 Å². The smallest absolute Gasteiger partial charge is 0.255 e. The molecule has 0 aliphatic rings. The summed E-state index contributed by atoms with van der Waals surface area (Å²) >= 11 is 1.64. The zero-order valence-electron chi connectivity index (χ0n) is 18.4. The molecule has 0 saturated heterocycles. The molecule has 1 aromatic carbocycles. The molecule has 2 unspecified atom stereocenters. The number of aryl methyl sites for hydroxylation is 2. The van der Waals surface area contributed by atoms with Crippen molar-refractivity contribution in [2.45, 2.75) is 39.8 Å². The Hall–Kier alpha value is -2.48. The summed E-state index contributed by atoms with van der Waals surface area (Å²) in [5, 5.41) is 10.3. The second kappa shape index (κ2) is 11.6. The number of aromatic nitrogens is 2. The molecule has 0 saturated carbocycles. The van der Waals surface area contributed by atoms with E-state index in [-0.39, 0.29) is 17.7 Å². The van der Waals surface area contributed by atoms with Crippen LogP contribution < -0.4 is 15.4 Å². The number of thioether (sulfide) groups is 1. The number of nitrogens with one attached hydrogen (secondary N) is 2. The van der Waals surface area contributed by atoms with Crippen molar-refractivity contribution in [3.05, 3.63) is 47.3 Å². The first kappa shape index (κ1) is 23.8. The maximum atomic E-state index is 12.8. The molecular formula is C22H32N4O3S. The summed E-state index contributed by atoms with van der Waals surface area (Å²) in [6.07, 6.45) is 2.53. The summed E-state index contributed by atoms with van der Waals surface area (Å²) in [5.74, 6) is 0.971. The Labute approximate surface area is 182 Å². The maximum Gasteiger partial charge on any atom is 0.255 e. The number of carbonyl (C=O) groups is 2. The van der Waals surface area contributed by atoms with E-state index in [1.807, 2.05) is 30.9 Å². The lowest BCUT2D eigenvalue weighted by Gasteiger charge is -2.20. The Morgan fingerprint density at radius 2 is 2.00 bits per heavy atom. The van der Waals surface area contributed by atoms with Crippen molar-refractivity contribution in [3.63, 3.8) is 0 Å². The monoisotopic (exact) mass is 432 g/mol. The van der Waals surface area contributed by atoms with Gasteiger partial charge < -0.3 is 15.4 Å². The molecule has 2 aromatic rings. The fourth-order valence-corrected chi connectivity index (χ4v) is 3.66. The number of hydrogen-bond donors (Lipinski definition) is 2. The summed E-state index contributed by atoms with van der Waals surface area (Å²) in [7, 11) is 1.52. The van der Waals surface area contributed by atoms with E-state index in [1.54, 1.807) is 36.0 Å². The molecule has 1 aromatic heterocycles. The predicted molar refractivity (Wildman–Crippen MR) is 121 cm³/mol. The van der Waals surface area contributed by atoms with Gasteiger partial charge >= 0.3 is 0 Å². The second-order valence-corrected chi connectivity index (χ2v) is 8.45. The second-order valence-electron chi connectivity index (χ2n) is 7.47. The summed E-state index contributed by atoms with van der Waals surface area (Å²) in [5.41, 5.74) is 2.51. The van der Waals surface area contributed by atoms with Gasteiger partial charge in [0.25, 0.3) is 5.91 Å².